The minimum absolute atomic E-state index is 0.0183. The SMILES string of the molecule is O=C(/C=C/c1ccc(O)c(O)c1/C=C/c1ccc(O)c(O)c1)O[C@H](Cc1ccc(O)cc1)C(=O)O. The number of esters is 1. The summed E-state index contributed by atoms with van der Waals surface area (Å²) in [6.07, 6.45) is 3.63. The molecule has 0 aliphatic heterocycles. The lowest BCUT2D eigenvalue weighted by molar-refractivity contribution is -0.160. The molecule has 0 aliphatic carbocycles. The minimum Gasteiger partial charge on any atom is -0.508 e. The summed E-state index contributed by atoms with van der Waals surface area (Å²) >= 11 is 0. The third-order valence-electron chi connectivity index (χ3n) is 4.96. The summed E-state index contributed by atoms with van der Waals surface area (Å²) in [5.74, 6) is -3.77. The molecule has 0 radical (unpaired) electrons. The van der Waals surface area contributed by atoms with E-state index in [2.05, 4.69) is 0 Å². The van der Waals surface area contributed by atoms with Gasteiger partial charge in [-0.3, -0.25) is 0 Å². The van der Waals surface area contributed by atoms with Crippen molar-refractivity contribution in [1.82, 2.24) is 0 Å². The monoisotopic (exact) mass is 478 g/mol. The number of hydrogen-bond donors (Lipinski definition) is 6. The average molecular weight is 478 g/mol. The molecule has 6 N–H and O–H groups in total. The van der Waals surface area contributed by atoms with E-state index in [4.69, 9.17) is 4.74 Å². The molecule has 3 aromatic rings. The van der Waals surface area contributed by atoms with Gasteiger partial charge >= 0.3 is 11.9 Å². The zero-order valence-electron chi connectivity index (χ0n) is 18.2. The maximum absolute atomic E-state index is 12.3. The molecule has 0 fully saturated rings. The lowest BCUT2D eigenvalue weighted by atomic mass is 10.0. The van der Waals surface area contributed by atoms with Crippen LogP contribution in [0.15, 0.2) is 60.7 Å². The van der Waals surface area contributed by atoms with Crippen LogP contribution in [0.25, 0.3) is 18.2 Å². The van der Waals surface area contributed by atoms with E-state index in [1.807, 2.05) is 0 Å². The number of carbonyl (C=O) groups excluding carboxylic acids is 1. The zero-order chi connectivity index (χ0) is 25.5. The van der Waals surface area contributed by atoms with Crippen LogP contribution in [-0.2, 0) is 20.7 Å². The number of hydrogen-bond acceptors (Lipinski definition) is 8. The Kier molecular flexibility index (Phi) is 7.63. The van der Waals surface area contributed by atoms with Gasteiger partial charge < -0.3 is 35.4 Å². The van der Waals surface area contributed by atoms with Crippen LogP contribution in [0, 0.1) is 0 Å². The van der Waals surface area contributed by atoms with Gasteiger partial charge in [0.2, 0.25) is 6.10 Å². The van der Waals surface area contributed by atoms with E-state index in [1.165, 1.54) is 72.8 Å². The van der Waals surface area contributed by atoms with Crippen molar-refractivity contribution in [2.24, 2.45) is 0 Å². The van der Waals surface area contributed by atoms with E-state index < -0.39 is 29.5 Å². The third kappa shape index (κ3) is 6.55. The minimum atomic E-state index is -1.47. The first-order valence-electron chi connectivity index (χ1n) is 10.3. The predicted molar refractivity (Wildman–Crippen MR) is 127 cm³/mol. The molecule has 0 spiro atoms. The second-order valence-electron chi connectivity index (χ2n) is 7.49. The summed E-state index contributed by atoms with van der Waals surface area (Å²) in [7, 11) is 0. The van der Waals surface area contributed by atoms with Crippen LogP contribution in [0.2, 0.25) is 0 Å². The Hall–Kier alpha value is -4.92. The highest BCUT2D eigenvalue weighted by atomic mass is 16.6. The number of ether oxygens (including phenoxy) is 1. The van der Waals surface area contributed by atoms with Crippen LogP contribution >= 0.6 is 0 Å². The summed E-state index contributed by atoms with van der Waals surface area (Å²) in [5, 5.41) is 57.9. The Morgan fingerprint density at radius 3 is 2.14 bits per heavy atom. The largest absolute Gasteiger partial charge is 0.508 e. The molecule has 0 bridgehead atoms. The highest BCUT2D eigenvalue weighted by molar-refractivity contribution is 5.91. The molecule has 3 rings (SSSR count). The maximum Gasteiger partial charge on any atom is 0.345 e. The standard InChI is InChI=1S/C26H22O9/c27-18-7-1-16(2-8-18)14-23(26(33)34)35-24(31)12-6-17-5-11-21(29)25(32)19(17)9-3-15-4-10-20(28)22(30)13-15/h1-13,23,27-30,32H,14H2,(H,33,34)/b9-3+,12-6+/t23-/m1/s1. The average Bonchev–Trinajstić information content (AvgIpc) is 2.82. The molecular formula is C26H22O9. The highest BCUT2D eigenvalue weighted by Crippen LogP contribution is 2.34. The quantitative estimate of drug-likeness (QED) is 0.123. The topological polar surface area (TPSA) is 165 Å². The number of carboxylic acids is 1. The van der Waals surface area contributed by atoms with E-state index in [1.54, 1.807) is 0 Å². The first kappa shape index (κ1) is 24.7. The van der Waals surface area contributed by atoms with Gasteiger partial charge in [0.25, 0.3) is 0 Å². The van der Waals surface area contributed by atoms with E-state index >= 15 is 0 Å². The first-order chi connectivity index (χ1) is 16.6. The van der Waals surface area contributed by atoms with Gasteiger partial charge in [0.15, 0.2) is 23.0 Å². The molecular weight excluding hydrogens is 456 g/mol. The molecule has 0 amide bonds. The number of aromatic hydroxyl groups is 5. The molecule has 3 aromatic carbocycles. The molecule has 0 saturated heterocycles. The maximum atomic E-state index is 12.3. The van der Waals surface area contributed by atoms with E-state index in [-0.39, 0.29) is 29.2 Å². The molecule has 9 nitrogen and oxygen atoms in total. The Balaban J connectivity index is 1.79. The molecule has 0 aliphatic rings. The van der Waals surface area contributed by atoms with Crippen LogP contribution in [0.3, 0.4) is 0 Å². The van der Waals surface area contributed by atoms with E-state index in [0.29, 0.717) is 16.7 Å². The fourth-order valence-electron chi connectivity index (χ4n) is 3.12. The van der Waals surface area contributed by atoms with Crippen LogP contribution in [-0.4, -0.2) is 48.7 Å². The van der Waals surface area contributed by atoms with Crippen molar-refractivity contribution in [1.29, 1.82) is 0 Å². The summed E-state index contributed by atoms with van der Waals surface area (Å²) in [4.78, 5) is 23.8. The van der Waals surface area contributed by atoms with Crippen molar-refractivity contribution in [3.8, 4) is 28.7 Å². The van der Waals surface area contributed by atoms with Gasteiger partial charge in [-0.2, -0.15) is 0 Å². The van der Waals surface area contributed by atoms with Crippen molar-refractivity contribution in [2.45, 2.75) is 12.5 Å². The van der Waals surface area contributed by atoms with Gasteiger partial charge in [0.05, 0.1) is 0 Å². The summed E-state index contributed by atoms with van der Waals surface area (Å²) in [6, 6.07) is 12.5. The van der Waals surface area contributed by atoms with Gasteiger partial charge in [-0.1, -0.05) is 30.3 Å². The Morgan fingerprint density at radius 2 is 1.49 bits per heavy atom. The van der Waals surface area contributed by atoms with Crippen molar-refractivity contribution in [3.63, 3.8) is 0 Å². The van der Waals surface area contributed by atoms with E-state index in [0.717, 1.165) is 6.08 Å². The van der Waals surface area contributed by atoms with Gasteiger partial charge in [0, 0.05) is 18.1 Å². The fraction of sp³-hybridized carbons (Fsp3) is 0.0769. The lowest BCUT2D eigenvalue weighted by Gasteiger charge is -2.13. The number of phenolic OH excluding ortho intramolecular Hbond substituents is 5. The van der Waals surface area contributed by atoms with Crippen LogP contribution in [0.5, 0.6) is 28.7 Å². The summed E-state index contributed by atoms with van der Waals surface area (Å²) in [6.45, 7) is 0. The lowest BCUT2D eigenvalue weighted by Crippen LogP contribution is -2.28. The zero-order valence-corrected chi connectivity index (χ0v) is 18.2. The van der Waals surface area contributed by atoms with Crippen molar-refractivity contribution >= 4 is 30.2 Å². The smallest absolute Gasteiger partial charge is 0.345 e. The molecule has 180 valence electrons. The van der Waals surface area contributed by atoms with Crippen LogP contribution < -0.4 is 0 Å². The Labute approximate surface area is 199 Å². The number of rotatable bonds is 8. The molecule has 9 heteroatoms. The fourth-order valence-corrected chi connectivity index (χ4v) is 3.12. The van der Waals surface area contributed by atoms with E-state index in [9.17, 15) is 40.2 Å². The van der Waals surface area contributed by atoms with Crippen molar-refractivity contribution in [3.05, 3.63) is 82.9 Å². The molecule has 0 heterocycles. The third-order valence-corrected chi connectivity index (χ3v) is 4.96. The number of phenols is 5. The number of carboxylic acid groups (broad SMARTS) is 1. The van der Waals surface area contributed by atoms with Gasteiger partial charge in [-0.25, -0.2) is 9.59 Å². The predicted octanol–water partition coefficient (Wildman–Crippen LogP) is 3.64. The van der Waals surface area contributed by atoms with Gasteiger partial charge in [-0.15, -0.1) is 0 Å². The summed E-state index contributed by atoms with van der Waals surface area (Å²) < 4.78 is 5.05. The van der Waals surface area contributed by atoms with Crippen molar-refractivity contribution < 1.29 is 45.0 Å². The number of benzene rings is 3. The Bertz CT molecular complexity index is 1290. The van der Waals surface area contributed by atoms with Crippen LogP contribution in [0.1, 0.15) is 22.3 Å². The van der Waals surface area contributed by atoms with Crippen molar-refractivity contribution in [2.75, 3.05) is 0 Å². The summed E-state index contributed by atoms with van der Waals surface area (Å²) in [5.41, 5.74) is 1.47. The highest BCUT2D eigenvalue weighted by Gasteiger charge is 2.22. The molecule has 1 atom stereocenters. The van der Waals surface area contributed by atoms with Crippen LogP contribution in [0.4, 0.5) is 0 Å². The first-order valence-corrected chi connectivity index (χ1v) is 10.3. The molecule has 0 unspecified atom stereocenters. The number of carbonyl (C=O) groups is 2. The molecule has 35 heavy (non-hydrogen) atoms. The molecule has 0 saturated carbocycles. The Morgan fingerprint density at radius 1 is 0.800 bits per heavy atom. The number of aliphatic carboxylic acids is 1. The molecule has 0 aromatic heterocycles. The normalized spacial score (nSPS) is 12.1. The second-order valence-corrected chi connectivity index (χ2v) is 7.49. The second kappa shape index (κ2) is 10.8. The van der Waals surface area contributed by atoms with Gasteiger partial charge in [-0.05, 0) is 59.2 Å². The van der Waals surface area contributed by atoms with Gasteiger partial charge in [0.1, 0.15) is 5.75 Å².